The highest BCUT2D eigenvalue weighted by atomic mass is 79.9. The number of hydrogen-bond donors (Lipinski definition) is 2. The van der Waals surface area contributed by atoms with Crippen molar-refractivity contribution in [2.75, 3.05) is 12.4 Å². The van der Waals surface area contributed by atoms with Gasteiger partial charge in [0.2, 0.25) is 0 Å². The van der Waals surface area contributed by atoms with Gasteiger partial charge in [0.05, 0.1) is 11.6 Å². The molecule has 0 radical (unpaired) electrons. The summed E-state index contributed by atoms with van der Waals surface area (Å²) in [5, 5.41) is 11.8. The summed E-state index contributed by atoms with van der Waals surface area (Å²) in [5.74, 6) is -0.108. The fourth-order valence-corrected chi connectivity index (χ4v) is 2.17. The van der Waals surface area contributed by atoms with Crippen molar-refractivity contribution in [2.24, 2.45) is 0 Å². The van der Waals surface area contributed by atoms with Crippen LogP contribution in [0.25, 0.3) is 0 Å². The molecule has 1 atom stereocenters. The molecule has 0 saturated carbocycles. The molecule has 0 saturated heterocycles. The van der Waals surface area contributed by atoms with Gasteiger partial charge in [0.25, 0.3) is 0 Å². The molecule has 1 aromatic rings. The van der Waals surface area contributed by atoms with Crippen molar-refractivity contribution in [1.82, 2.24) is 0 Å². The Labute approximate surface area is 95.4 Å². The third-order valence-electron chi connectivity index (χ3n) is 2.43. The van der Waals surface area contributed by atoms with Gasteiger partial charge in [0.15, 0.2) is 0 Å². The summed E-state index contributed by atoms with van der Waals surface area (Å²) in [4.78, 5) is 10.8. The molecule has 80 valence electrons. The second kappa shape index (κ2) is 3.73. The van der Waals surface area contributed by atoms with E-state index in [1.54, 1.807) is 7.11 Å². The number of halogens is 1. The molecule has 2 rings (SSSR count). The van der Waals surface area contributed by atoms with Crippen LogP contribution in [0.1, 0.15) is 5.56 Å². The molecule has 1 aliphatic heterocycles. The zero-order chi connectivity index (χ0) is 11.0. The fraction of sp³-hybridized carbons (Fsp3) is 0.300. The maximum absolute atomic E-state index is 10.8. The quantitative estimate of drug-likeness (QED) is 0.863. The van der Waals surface area contributed by atoms with Crippen molar-refractivity contribution in [3.05, 3.63) is 22.2 Å². The molecule has 0 aromatic heterocycles. The number of anilines is 1. The minimum absolute atomic E-state index is 0.494. The Balaban J connectivity index is 2.35. The molecule has 5 heteroatoms. The van der Waals surface area contributed by atoms with Crippen LogP contribution in [-0.2, 0) is 11.2 Å². The number of methoxy groups -OCH3 is 1. The van der Waals surface area contributed by atoms with Crippen molar-refractivity contribution >= 4 is 27.6 Å². The molecule has 0 spiro atoms. The van der Waals surface area contributed by atoms with Gasteiger partial charge in [-0.05, 0) is 33.6 Å². The van der Waals surface area contributed by atoms with E-state index in [9.17, 15) is 4.79 Å². The molecule has 2 N–H and O–H groups in total. The number of carboxylic acid groups (broad SMARTS) is 1. The molecule has 4 nitrogen and oxygen atoms in total. The summed E-state index contributed by atoms with van der Waals surface area (Å²) in [5.41, 5.74) is 1.83. The van der Waals surface area contributed by atoms with E-state index in [0.717, 1.165) is 21.5 Å². The van der Waals surface area contributed by atoms with Gasteiger partial charge in [0.1, 0.15) is 11.8 Å². The number of hydrogen-bond acceptors (Lipinski definition) is 3. The summed E-state index contributed by atoms with van der Waals surface area (Å²) in [6.07, 6.45) is 0.494. The third kappa shape index (κ3) is 1.79. The van der Waals surface area contributed by atoms with E-state index < -0.39 is 12.0 Å². The first-order valence-electron chi connectivity index (χ1n) is 4.47. The predicted molar refractivity (Wildman–Crippen MR) is 59.4 cm³/mol. The van der Waals surface area contributed by atoms with Gasteiger partial charge in [-0.25, -0.2) is 4.79 Å². The molecule has 1 aliphatic rings. The minimum atomic E-state index is -0.832. The van der Waals surface area contributed by atoms with Crippen molar-refractivity contribution < 1.29 is 14.6 Å². The Morgan fingerprint density at radius 3 is 3.00 bits per heavy atom. The SMILES string of the molecule is COc1cc2c(cc1Br)NC(C(=O)O)C2. The summed E-state index contributed by atoms with van der Waals surface area (Å²) in [7, 11) is 1.59. The van der Waals surface area contributed by atoms with Crippen molar-refractivity contribution in [1.29, 1.82) is 0 Å². The van der Waals surface area contributed by atoms with Crippen LogP contribution in [0.15, 0.2) is 16.6 Å². The molecule has 15 heavy (non-hydrogen) atoms. The molecule has 0 fully saturated rings. The molecular formula is C10H10BrNO3. The highest BCUT2D eigenvalue weighted by molar-refractivity contribution is 9.10. The predicted octanol–water partition coefficient (Wildman–Crippen LogP) is 1.88. The normalized spacial score (nSPS) is 18.1. The smallest absolute Gasteiger partial charge is 0.326 e. The summed E-state index contributed by atoms with van der Waals surface area (Å²) < 4.78 is 5.97. The molecule has 0 aliphatic carbocycles. The Hall–Kier alpha value is -1.23. The standard InChI is InChI=1S/C10H10BrNO3/c1-15-9-3-5-2-8(10(13)14)12-7(5)4-6(9)11/h3-4,8,12H,2H2,1H3,(H,13,14). The molecular weight excluding hydrogens is 262 g/mol. The first kappa shape index (κ1) is 10.3. The lowest BCUT2D eigenvalue weighted by molar-refractivity contribution is -0.137. The van der Waals surface area contributed by atoms with E-state index in [1.165, 1.54) is 0 Å². The van der Waals surface area contributed by atoms with Gasteiger partial charge in [-0.15, -0.1) is 0 Å². The molecule has 1 unspecified atom stereocenters. The second-order valence-electron chi connectivity index (χ2n) is 3.38. The number of aliphatic carboxylic acids is 1. The van der Waals surface area contributed by atoms with Gasteiger partial charge < -0.3 is 15.2 Å². The van der Waals surface area contributed by atoms with Crippen molar-refractivity contribution in [3.8, 4) is 5.75 Å². The molecule has 1 heterocycles. The van der Waals surface area contributed by atoms with Crippen LogP contribution in [0.3, 0.4) is 0 Å². The van der Waals surface area contributed by atoms with Gasteiger partial charge in [-0.3, -0.25) is 0 Å². The Morgan fingerprint density at radius 1 is 1.67 bits per heavy atom. The summed E-state index contributed by atoms with van der Waals surface area (Å²) in [6.45, 7) is 0. The van der Waals surface area contributed by atoms with E-state index in [1.807, 2.05) is 12.1 Å². The second-order valence-corrected chi connectivity index (χ2v) is 4.24. The number of benzene rings is 1. The van der Waals surface area contributed by atoms with Crippen LogP contribution >= 0.6 is 15.9 Å². The topological polar surface area (TPSA) is 58.6 Å². The minimum Gasteiger partial charge on any atom is -0.496 e. The van der Waals surface area contributed by atoms with E-state index in [-0.39, 0.29) is 0 Å². The highest BCUT2D eigenvalue weighted by Gasteiger charge is 2.27. The number of ether oxygens (including phenoxy) is 1. The lowest BCUT2D eigenvalue weighted by Crippen LogP contribution is -2.26. The number of rotatable bonds is 2. The monoisotopic (exact) mass is 271 g/mol. The lowest BCUT2D eigenvalue weighted by Gasteiger charge is -2.06. The zero-order valence-corrected chi connectivity index (χ0v) is 9.67. The average molecular weight is 272 g/mol. The van der Waals surface area contributed by atoms with E-state index in [2.05, 4.69) is 21.2 Å². The van der Waals surface area contributed by atoms with Crippen molar-refractivity contribution in [2.45, 2.75) is 12.5 Å². The van der Waals surface area contributed by atoms with Gasteiger partial charge in [-0.2, -0.15) is 0 Å². The van der Waals surface area contributed by atoms with Crippen molar-refractivity contribution in [3.63, 3.8) is 0 Å². The van der Waals surface area contributed by atoms with Crippen LogP contribution in [0.5, 0.6) is 5.75 Å². The van der Waals surface area contributed by atoms with Crippen LogP contribution < -0.4 is 10.1 Å². The van der Waals surface area contributed by atoms with E-state index in [0.29, 0.717) is 6.42 Å². The Morgan fingerprint density at radius 2 is 2.40 bits per heavy atom. The fourth-order valence-electron chi connectivity index (χ4n) is 1.66. The highest BCUT2D eigenvalue weighted by Crippen LogP contribution is 2.35. The van der Waals surface area contributed by atoms with Crippen LogP contribution in [0.2, 0.25) is 0 Å². The maximum Gasteiger partial charge on any atom is 0.326 e. The molecule has 0 amide bonds. The summed E-state index contributed by atoms with van der Waals surface area (Å²) >= 11 is 3.35. The van der Waals surface area contributed by atoms with Crippen LogP contribution in [0.4, 0.5) is 5.69 Å². The number of fused-ring (bicyclic) bond motifs is 1. The first-order chi connectivity index (χ1) is 7.11. The van der Waals surface area contributed by atoms with E-state index >= 15 is 0 Å². The number of carboxylic acids is 1. The maximum atomic E-state index is 10.8. The third-order valence-corrected chi connectivity index (χ3v) is 3.05. The summed E-state index contributed by atoms with van der Waals surface area (Å²) in [6, 6.07) is 3.17. The van der Waals surface area contributed by atoms with Crippen LogP contribution in [0, 0.1) is 0 Å². The van der Waals surface area contributed by atoms with E-state index in [4.69, 9.17) is 9.84 Å². The van der Waals surface area contributed by atoms with Gasteiger partial charge in [-0.1, -0.05) is 0 Å². The number of carbonyl (C=O) groups is 1. The number of nitrogens with one attached hydrogen (secondary N) is 1. The van der Waals surface area contributed by atoms with Crippen LogP contribution in [-0.4, -0.2) is 24.2 Å². The molecule has 1 aromatic carbocycles. The largest absolute Gasteiger partial charge is 0.496 e. The zero-order valence-electron chi connectivity index (χ0n) is 8.08. The average Bonchev–Trinajstić information content (AvgIpc) is 2.59. The Bertz CT molecular complexity index is 419. The first-order valence-corrected chi connectivity index (χ1v) is 5.27. The lowest BCUT2D eigenvalue weighted by atomic mass is 10.1. The Kier molecular flexibility index (Phi) is 2.56. The van der Waals surface area contributed by atoms with Gasteiger partial charge >= 0.3 is 5.97 Å². The van der Waals surface area contributed by atoms with Gasteiger partial charge in [0, 0.05) is 12.1 Å². The molecule has 0 bridgehead atoms.